The van der Waals surface area contributed by atoms with Crippen LogP contribution in [0.25, 0.3) is 0 Å². The summed E-state index contributed by atoms with van der Waals surface area (Å²) in [5, 5.41) is 3.24. The lowest BCUT2D eigenvalue weighted by atomic mass is 10.2. The van der Waals surface area contributed by atoms with E-state index in [1.165, 1.54) is 29.9 Å². The third kappa shape index (κ3) is 4.15. The number of carbonyl (C=O) groups excluding carboxylic acids is 2. The Morgan fingerprint density at radius 1 is 1.21 bits per heavy atom. The minimum atomic E-state index is -0.358. The van der Waals surface area contributed by atoms with Crippen molar-refractivity contribution in [2.45, 2.75) is 13.0 Å². The number of nitrogens with one attached hydrogen (secondary N) is 1. The number of para-hydroxylation sites is 1. The Bertz CT molecular complexity index is 978. The lowest BCUT2D eigenvalue weighted by Gasteiger charge is -2.26. The Labute approximate surface area is 165 Å². The molecule has 0 atom stereocenters. The summed E-state index contributed by atoms with van der Waals surface area (Å²) < 4.78 is 5.54. The molecular weight excluding hydrogens is 378 g/mol. The fraction of sp³-hybridized carbons (Fsp3) is 0.211. The van der Waals surface area contributed by atoms with Gasteiger partial charge in [0.1, 0.15) is 11.4 Å². The van der Waals surface area contributed by atoms with Gasteiger partial charge in [-0.25, -0.2) is 9.97 Å². The average Bonchev–Trinajstić information content (AvgIpc) is 3.14. The van der Waals surface area contributed by atoms with E-state index in [-0.39, 0.29) is 24.1 Å². The van der Waals surface area contributed by atoms with E-state index in [1.807, 2.05) is 30.3 Å². The maximum absolute atomic E-state index is 12.5. The van der Waals surface area contributed by atoms with Crippen molar-refractivity contribution in [3.8, 4) is 5.75 Å². The van der Waals surface area contributed by atoms with Crippen LogP contribution < -0.4 is 10.1 Å². The molecule has 1 N–H and O–H groups in total. The normalized spacial score (nSPS) is 12.9. The molecule has 9 heteroatoms. The van der Waals surface area contributed by atoms with Crippen LogP contribution in [0, 0.1) is 0 Å². The molecule has 2 amide bonds. The van der Waals surface area contributed by atoms with Gasteiger partial charge in [0.15, 0.2) is 11.7 Å². The Morgan fingerprint density at radius 3 is 2.86 bits per heavy atom. The highest BCUT2D eigenvalue weighted by Gasteiger charge is 2.25. The standard InChI is InChI=1S/C19H17N5O3S/c25-17(12-27-13-4-2-1-3-5-13)24-9-6-14-16(11-24)28-19(22-14)23-18(26)15-10-20-7-8-21-15/h1-5,7-8,10H,6,9,11-12H2,(H,22,23,26). The van der Waals surface area contributed by atoms with Gasteiger partial charge in [0.25, 0.3) is 11.8 Å². The van der Waals surface area contributed by atoms with Crippen LogP contribution in [0.5, 0.6) is 5.75 Å². The second-order valence-corrected chi connectivity index (χ2v) is 7.18. The van der Waals surface area contributed by atoms with Crippen LogP contribution in [0.2, 0.25) is 0 Å². The van der Waals surface area contributed by atoms with Crippen molar-refractivity contribution in [2.24, 2.45) is 0 Å². The van der Waals surface area contributed by atoms with Gasteiger partial charge in [-0.05, 0) is 12.1 Å². The smallest absolute Gasteiger partial charge is 0.277 e. The molecular formula is C19H17N5O3S. The van der Waals surface area contributed by atoms with Gasteiger partial charge in [-0.3, -0.25) is 19.9 Å². The molecule has 0 aliphatic carbocycles. The van der Waals surface area contributed by atoms with Crippen LogP contribution >= 0.6 is 11.3 Å². The number of ether oxygens (including phenoxy) is 1. The summed E-state index contributed by atoms with van der Waals surface area (Å²) in [6, 6.07) is 9.25. The SMILES string of the molecule is O=C(Nc1nc2c(s1)CN(C(=O)COc1ccccc1)CC2)c1cnccn1. The highest BCUT2D eigenvalue weighted by Crippen LogP contribution is 2.28. The quantitative estimate of drug-likeness (QED) is 0.711. The Kier molecular flexibility index (Phi) is 5.24. The van der Waals surface area contributed by atoms with Gasteiger partial charge in [0.2, 0.25) is 0 Å². The summed E-state index contributed by atoms with van der Waals surface area (Å²) >= 11 is 1.37. The summed E-state index contributed by atoms with van der Waals surface area (Å²) in [4.78, 5) is 39.7. The lowest BCUT2D eigenvalue weighted by molar-refractivity contribution is -0.134. The van der Waals surface area contributed by atoms with Crippen molar-refractivity contribution in [3.05, 3.63) is 65.2 Å². The van der Waals surface area contributed by atoms with Gasteiger partial charge >= 0.3 is 0 Å². The average molecular weight is 395 g/mol. The number of fused-ring (bicyclic) bond motifs is 1. The molecule has 1 aliphatic rings. The molecule has 8 nitrogen and oxygen atoms in total. The summed E-state index contributed by atoms with van der Waals surface area (Å²) in [5.74, 6) is 0.233. The van der Waals surface area contributed by atoms with Crippen molar-refractivity contribution in [1.29, 1.82) is 0 Å². The predicted molar refractivity (Wildman–Crippen MR) is 103 cm³/mol. The van der Waals surface area contributed by atoms with Gasteiger partial charge in [0.05, 0.1) is 18.4 Å². The first kappa shape index (κ1) is 18.1. The largest absolute Gasteiger partial charge is 0.484 e. The van der Waals surface area contributed by atoms with Crippen molar-refractivity contribution >= 4 is 28.3 Å². The molecule has 4 rings (SSSR count). The molecule has 1 aliphatic heterocycles. The number of anilines is 1. The molecule has 0 unspecified atom stereocenters. The maximum atomic E-state index is 12.5. The van der Waals surface area contributed by atoms with Crippen LogP contribution in [0.1, 0.15) is 21.1 Å². The first-order chi connectivity index (χ1) is 13.7. The number of amides is 2. The van der Waals surface area contributed by atoms with Crippen molar-refractivity contribution in [3.63, 3.8) is 0 Å². The fourth-order valence-electron chi connectivity index (χ4n) is 2.79. The molecule has 3 aromatic rings. The third-order valence-electron chi connectivity index (χ3n) is 4.21. The molecule has 0 spiro atoms. The minimum absolute atomic E-state index is 0.00554. The highest BCUT2D eigenvalue weighted by molar-refractivity contribution is 7.15. The van der Waals surface area contributed by atoms with Crippen molar-refractivity contribution < 1.29 is 14.3 Å². The van der Waals surface area contributed by atoms with E-state index in [0.717, 1.165) is 10.6 Å². The van der Waals surface area contributed by atoms with Gasteiger partial charge in [0, 0.05) is 30.2 Å². The lowest BCUT2D eigenvalue weighted by Crippen LogP contribution is -2.38. The van der Waals surface area contributed by atoms with Crippen LogP contribution in [0.3, 0.4) is 0 Å². The van der Waals surface area contributed by atoms with Gasteiger partial charge in [-0.1, -0.05) is 29.5 Å². The van der Waals surface area contributed by atoms with E-state index in [4.69, 9.17) is 4.74 Å². The van der Waals surface area contributed by atoms with E-state index in [0.29, 0.717) is 30.4 Å². The number of hydrogen-bond donors (Lipinski definition) is 1. The molecule has 0 fully saturated rings. The number of thiazole rings is 1. The predicted octanol–water partition coefficient (Wildman–Crippen LogP) is 2.15. The van der Waals surface area contributed by atoms with Gasteiger partial charge < -0.3 is 9.64 Å². The Morgan fingerprint density at radius 2 is 2.07 bits per heavy atom. The molecule has 3 heterocycles. The number of hydrogen-bond acceptors (Lipinski definition) is 7. The van der Waals surface area contributed by atoms with Crippen LogP contribution in [0.4, 0.5) is 5.13 Å². The minimum Gasteiger partial charge on any atom is -0.484 e. The first-order valence-corrected chi connectivity index (χ1v) is 9.52. The van der Waals surface area contributed by atoms with Crippen LogP contribution in [0.15, 0.2) is 48.9 Å². The van der Waals surface area contributed by atoms with Crippen molar-refractivity contribution in [2.75, 3.05) is 18.5 Å². The molecule has 0 radical (unpaired) electrons. The number of carbonyl (C=O) groups is 2. The Balaban J connectivity index is 1.36. The number of nitrogens with zero attached hydrogens (tertiary/aromatic N) is 4. The number of aromatic nitrogens is 3. The molecule has 2 aromatic heterocycles. The molecule has 0 bridgehead atoms. The zero-order chi connectivity index (χ0) is 19.3. The zero-order valence-corrected chi connectivity index (χ0v) is 15.7. The fourth-order valence-corrected chi connectivity index (χ4v) is 3.81. The third-order valence-corrected chi connectivity index (χ3v) is 5.20. The van der Waals surface area contributed by atoms with Crippen LogP contribution in [-0.2, 0) is 17.8 Å². The molecule has 0 saturated heterocycles. The van der Waals surface area contributed by atoms with Crippen molar-refractivity contribution in [1.82, 2.24) is 19.9 Å². The first-order valence-electron chi connectivity index (χ1n) is 8.70. The summed E-state index contributed by atoms with van der Waals surface area (Å²) in [7, 11) is 0. The summed E-state index contributed by atoms with van der Waals surface area (Å²) in [6.45, 7) is 1.03. The topological polar surface area (TPSA) is 97.3 Å². The number of rotatable bonds is 5. The monoisotopic (exact) mass is 395 g/mol. The molecule has 0 saturated carbocycles. The highest BCUT2D eigenvalue weighted by atomic mass is 32.1. The van der Waals surface area contributed by atoms with E-state index in [1.54, 1.807) is 4.90 Å². The summed E-state index contributed by atoms with van der Waals surface area (Å²) in [5.41, 5.74) is 1.14. The Hall–Kier alpha value is -3.33. The number of benzene rings is 1. The molecule has 1 aromatic carbocycles. The maximum Gasteiger partial charge on any atom is 0.277 e. The second kappa shape index (κ2) is 8.13. The summed E-state index contributed by atoms with van der Waals surface area (Å²) in [6.07, 6.45) is 5.01. The van der Waals surface area contributed by atoms with Gasteiger partial charge in [-0.15, -0.1) is 0 Å². The molecule has 142 valence electrons. The van der Waals surface area contributed by atoms with E-state index in [2.05, 4.69) is 20.3 Å². The van der Waals surface area contributed by atoms with E-state index < -0.39 is 0 Å². The second-order valence-electron chi connectivity index (χ2n) is 6.10. The van der Waals surface area contributed by atoms with Gasteiger partial charge in [-0.2, -0.15) is 0 Å². The van der Waals surface area contributed by atoms with E-state index in [9.17, 15) is 9.59 Å². The van der Waals surface area contributed by atoms with E-state index >= 15 is 0 Å². The zero-order valence-electron chi connectivity index (χ0n) is 14.9. The van der Waals surface area contributed by atoms with Crippen LogP contribution in [-0.4, -0.2) is 44.8 Å². The molecule has 28 heavy (non-hydrogen) atoms.